The van der Waals surface area contributed by atoms with Crippen LogP contribution in [-0.2, 0) is 0 Å². The third-order valence-corrected chi connectivity index (χ3v) is 2.22. The van der Waals surface area contributed by atoms with Crippen molar-refractivity contribution in [3.63, 3.8) is 0 Å². The van der Waals surface area contributed by atoms with E-state index in [9.17, 15) is 0 Å². The van der Waals surface area contributed by atoms with Gasteiger partial charge in [-0.05, 0) is 26.0 Å². The molecule has 3 heteroatoms. The number of rotatable bonds is 0. The van der Waals surface area contributed by atoms with Gasteiger partial charge in [0.1, 0.15) is 0 Å². The number of fused-ring (bicyclic) bond motifs is 1. The van der Waals surface area contributed by atoms with Crippen LogP contribution in [0.2, 0.25) is 5.02 Å². The predicted molar refractivity (Wildman–Crippen MR) is 49.7 cm³/mol. The molecular weight excluding hydrogens is 172 g/mol. The Morgan fingerprint density at radius 1 is 1.33 bits per heavy atom. The molecule has 0 saturated heterocycles. The molecule has 0 spiro atoms. The zero-order chi connectivity index (χ0) is 8.72. The van der Waals surface area contributed by atoms with Crippen LogP contribution in [0.3, 0.4) is 0 Å². The average molecular weight is 181 g/mol. The summed E-state index contributed by atoms with van der Waals surface area (Å²) in [6.45, 7) is 3.99. The molecule has 0 saturated carbocycles. The van der Waals surface area contributed by atoms with Gasteiger partial charge >= 0.3 is 0 Å². The fourth-order valence-corrected chi connectivity index (χ4v) is 1.60. The van der Waals surface area contributed by atoms with Crippen LogP contribution >= 0.6 is 11.6 Å². The van der Waals surface area contributed by atoms with Gasteiger partial charge in [0.25, 0.3) is 0 Å². The molecule has 2 rings (SSSR count). The molecule has 0 fully saturated rings. The number of halogens is 1. The summed E-state index contributed by atoms with van der Waals surface area (Å²) in [6, 6.07) is 3.85. The van der Waals surface area contributed by atoms with Gasteiger partial charge in [0.05, 0.1) is 17.5 Å². The van der Waals surface area contributed by atoms with Gasteiger partial charge in [-0.1, -0.05) is 11.6 Å². The normalized spacial score (nSPS) is 10.9. The molecule has 0 aliphatic rings. The van der Waals surface area contributed by atoms with E-state index in [1.807, 2.05) is 36.7 Å². The number of pyridine rings is 1. The average Bonchev–Trinajstić information content (AvgIpc) is 2.33. The third kappa shape index (κ3) is 0.994. The van der Waals surface area contributed by atoms with Crippen molar-refractivity contribution in [2.75, 3.05) is 0 Å². The van der Waals surface area contributed by atoms with Crippen molar-refractivity contribution in [2.24, 2.45) is 0 Å². The highest BCUT2D eigenvalue weighted by Crippen LogP contribution is 2.17. The molecule has 2 aromatic heterocycles. The Balaban J connectivity index is 2.92. The van der Waals surface area contributed by atoms with E-state index in [0.29, 0.717) is 0 Å². The van der Waals surface area contributed by atoms with Gasteiger partial charge in [0.15, 0.2) is 0 Å². The molecule has 0 amide bonds. The highest BCUT2D eigenvalue weighted by Gasteiger charge is 2.02. The van der Waals surface area contributed by atoms with Crippen LogP contribution in [-0.4, -0.2) is 9.38 Å². The second kappa shape index (κ2) is 2.49. The second-order valence-electron chi connectivity index (χ2n) is 2.90. The Bertz CT molecular complexity index is 431. The number of imidazole rings is 1. The van der Waals surface area contributed by atoms with Crippen molar-refractivity contribution in [3.8, 4) is 0 Å². The Hall–Kier alpha value is -1.02. The van der Waals surface area contributed by atoms with Crippen LogP contribution in [0.5, 0.6) is 0 Å². The molecule has 0 aliphatic carbocycles. The van der Waals surface area contributed by atoms with Crippen molar-refractivity contribution in [3.05, 3.63) is 34.9 Å². The van der Waals surface area contributed by atoms with Gasteiger partial charge in [0.2, 0.25) is 0 Å². The molecule has 2 nitrogen and oxygen atoms in total. The Kier molecular flexibility index (Phi) is 1.58. The lowest BCUT2D eigenvalue weighted by molar-refractivity contribution is 1.07. The predicted octanol–water partition coefficient (Wildman–Crippen LogP) is 2.60. The first-order valence-corrected chi connectivity index (χ1v) is 4.16. The van der Waals surface area contributed by atoms with Crippen molar-refractivity contribution < 1.29 is 0 Å². The highest BCUT2D eigenvalue weighted by atomic mass is 35.5. The minimum atomic E-state index is 0.767. The van der Waals surface area contributed by atoms with Crippen molar-refractivity contribution in [1.29, 1.82) is 0 Å². The number of nitrogens with zero attached hydrogens (tertiary/aromatic N) is 2. The van der Waals surface area contributed by atoms with E-state index in [0.717, 1.165) is 21.9 Å². The molecule has 0 aliphatic heterocycles. The molecule has 0 unspecified atom stereocenters. The first-order valence-electron chi connectivity index (χ1n) is 3.78. The van der Waals surface area contributed by atoms with Gasteiger partial charge < -0.3 is 4.40 Å². The van der Waals surface area contributed by atoms with Crippen molar-refractivity contribution in [2.45, 2.75) is 13.8 Å². The van der Waals surface area contributed by atoms with Gasteiger partial charge in [0, 0.05) is 10.7 Å². The molecule has 0 aromatic carbocycles. The zero-order valence-electron chi connectivity index (χ0n) is 7.00. The standard InChI is InChI=1S/C9H9ClN2/c1-6-3-8(10)4-9-7(2)11-5-12(6)9/h3-5H,1-2H3. The van der Waals surface area contributed by atoms with Crippen LogP contribution in [0.15, 0.2) is 18.5 Å². The summed E-state index contributed by atoms with van der Waals surface area (Å²) >= 11 is 5.91. The smallest absolute Gasteiger partial charge is 0.0997 e. The maximum atomic E-state index is 5.91. The van der Waals surface area contributed by atoms with E-state index in [1.165, 1.54) is 0 Å². The van der Waals surface area contributed by atoms with Crippen LogP contribution in [0.25, 0.3) is 5.52 Å². The largest absolute Gasteiger partial charge is 0.303 e. The fraction of sp³-hybridized carbons (Fsp3) is 0.222. The number of hydrogen-bond donors (Lipinski definition) is 0. The van der Waals surface area contributed by atoms with E-state index < -0.39 is 0 Å². The summed E-state index contributed by atoms with van der Waals surface area (Å²) in [5, 5.41) is 0.767. The van der Waals surface area contributed by atoms with E-state index in [2.05, 4.69) is 4.98 Å². The molecule has 62 valence electrons. The van der Waals surface area contributed by atoms with E-state index in [1.54, 1.807) is 0 Å². The SMILES string of the molecule is Cc1ncn2c(C)cc(Cl)cc12. The molecule has 0 atom stereocenters. The summed E-state index contributed by atoms with van der Waals surface area (Å²) in [5.41, 5.74) is 3.21. The minimum Gasteiger partial charge on any atom is -0.303 e. The first-order chi connectivity index (χ1) is 5.68. The second-order valence-corrected chi connectivity index (χ2v) is 3.34. The molecule has 12 heavy (non-hydrogen) atoms. The lowest BCUT2D eigenvalue weighted by Gasteiger charge is -2.00. The van der Waals surface area contributed by atoms with Crippen LogP contribution in [0, 0.1) is 13.8 Å². The van der Waals surface area contributed by atoms with Crippen molar-refractivity contribution in [1.82, 2.24) is 9.38 Å². The van der Waals surface area contributed by atoms with Crippen LogP contribution in [0.4, 0.5) is 0 Å². The molecule has 0 bridgehead atoms. The summed E-state index contributed by atoms with van der Waals surface area (Å²) < 4.78 is 2.03. The Morgan fingerprint density at radius 3 is 2.83 bits per heavy atom. The monoisotopic (exact) mass is 180 g/mol. The van der Waals surface area contributed by atoms with Crippen molar-refractivity contribution >= 4 is 17.1 Å². The molecular formula is C9H9ClN2. The Morgan fingerprint density at radius 2 is 2.08 bits per heavy atom. The lowest BCUT2D eigenvalue weighted by Crippen LogP contribution is -1.88. The first kappa shape index (κ1) is 7.62. The van der Waals surface area contributed by atoms with E-state index in [4.69, 9.17) is 11.6 Å². The van der Waals surface area contributed by atoms with Gasteiger partial charge in [-0.25, -0.2) is 4.98 Å². The lowest BCUT2D eigenvalue weighted by atomic mass is 10.3. The zero-order valence-corrected chi connectivity index (χ0v) is 7.76. The molecule has 2 heterocycles. The maximum Gasteiger partial charge on any atom is 0.0997 e. The van der Waals surface area contributed by atoms with Gasteiger partial charge in [-0.15, -0.1) is 0 Å². The van der Waals surface area contributed by atoms with Gasteiger partial charge in [-0.2, -0.15) is 0 Å². The fourth-order valence-electron chi connectivity index (χ4n) is 1.34. The minimum absolute atomic E-state index is 0.767. The number of aryl methyl sites for hydroxylation is 2. The topological polar surface area (TPSA) is 17.3 Å². The quantitative estimate of drug-likeness (QED) is 0.609. The molecule has 2 aromatic rings. The highest BCUT2D eigenvalue weighted by molar-refractivity contribution is 6.31. The van der Waals surface area contributed by atoms with Gasteiger partial charge in [-0.3, -0.25) is 0 Å². The Labute approximate surface area is 75.8 Å². The molecule has 0 radical (unpaired) electrons. The summed E-state index contributed by atoms with van der Waals surface area (Å²) in [5.74, 6) is 0. The van der Waals surface area contributed by atoms with Crippen LogP contribution in [0.1, 0.15) is 11.4 Å². The third-order valence-electron chi connectivity index (χ3n) is 2.00. The maximum absolute atomic E-state index is 5.91. The number of aromatic nitrogens is 2. The number of hydrogen-bond acceptors (Lipinski definition) is 1. The van der Waals surface area contributed by atoms with E-state index >= 15 is 0 Å². The molecule has 0 N–H and O–H groups in total. The summed E-state index contributed by atoms with van der Waals surface area (Å²) in [4.78, 5) is 4.20. The van der Waals surface area contributed by atoms with Crippen LogP contribution < -0.4 is 0 Å². The summed E-state index contributed by atoms with van der Waals surface area (Å²) in [7, 11) is 0. The summed E-state index contributed by atoms with van der Waals surface area (Å²) in [6.07, 6.45) is 1.82. The van der Waals surface area contributed by atoms with E-state index in [-0.39, 0.29) is 0 Å².